The highest BCUT2D eigenvalue weighted by atomic mass is 16.5. The van der Waals surface area contributed by atoms with Crippen molar-refractivity contribution in [1.29, 1.82) is 0 Å². The Kier molecular flexibility index (Phi) is 5.70. The molecule has 0 aliphatic rings. The number of aromatic nitrogens is 4. The first-order valence-corrected chi connectivity index (χ1v) is 8.14. The molecule has 0 fully saturated rings. The Morgan fingerprint density at radius 3 is 2.88 bits per heavy atom. The lowest BCUT2D eigenvalue weighted by molar-refractivity contribution is 0.140. The number of nitrogens with two attached hydrogens (primary N) is 1. The monoisotopic (exact) mass is 326 g/mol. The molecule has 3 aromatic rings. The number of fused-ring (bicyclic) bond motifs is 1. The Morgan fingerprint density at radius 1 is 1.08 bits per heavy atom. The quantitative estimate of drug-likeness (QED) is 0.521. The van der Waals surface area contributed by atoms with Crippen molar-refractivity contribution >= 4 is 16.6 Å². The van der Waals surface area contributed by atoms with Gasteiger partial charge in [-0.3, -0.25) is 5.10 Å². The minimum Gasteiger partial charge on any atom is -0.382 e. The van der Waals surface area contributed by atoms with E-state index in [0.717, 1.165) is 60.3 Å². The number of benzene rings is 1. The van der Waals surface area contributed by atoms with E-state index in [-0.39, 0.29) is 0 Å². The Labute approximate surface area is 140 Å². The maximum absolute atomic E-state index is 5.61. The van der Waals surface area contributed by atoms with Gasteiger partial charge < -0.3 is 15.8 Å². The summed E-state index contributed by atoms with van der Waals surface area (Å²) in [4.78, 5) is 0. The van der Waals surface area contributed by atoms with E-state index in [1.807, 2.05) is 12.3 Å². The van der Waals surface area contributed by atoms with Gasteiger partial charge in [0, 0.05) is 29.8 Å². The topological polar surface area (TPSA) is 102 Å². The summed E-state index contributed by atoms with van der Waals surface area (Å²) in [5.74, 6) is 0. The van der Waals surface area contributed by atoms with Gasteiger partial charge in [0.05, 0.1) is 30.7 Å². The number of H-pyrrole nitrogens is 1. The molecular weight excluding hydrogens is 304 g/mol. The van der Waals surface area contributed by atoms with Crippen LogP contribution in [0.15, 0.2) is 36.8 Å². The number of ether oxygens (including phenoxy) is 1. The Balaban J connectivity index is 1.67. The molecule has 0 aliphatic carbocycles. The van der Waals surface area contributed by atoms with Crippen LogP contribution in [-0.2, 0) is 4.74 Å². The van der Waals surface area contributed by atoms with Gasteiger partial charge >= 0.3 is 0 Å². The predicted molar refractivity (Wildman–Crippen MR) is 94.7 cm³/mol. The highest BCUT2D eigenvalue weighted by Crippen LogP contribution is 2.29. The summed E-state index contributed by atoms with van der Waals surface area (Å²) in [6.07, 6.45) is 7.28. The number of anilines is 1. The summed E-state index contributed by atoms with van der Waals surface area (Å²) in [6, 6.07) is 6.10. The van der Waals surface area contributed by atoms with Gasteiger partial charge in [-0.1, -0.05) is 0 Å². The van der Waals surface area contributed by atoms with Crippen molar-refractivity contribution in [3.05, 3.63) is 36.8 Å². The first-order chi connectivity index (χ1) is 11.9. The molecule has 0 amide bonds. The molecule has 0 atom stereocenters. The molecule has 4 N–H and O–H groups in total. The average Bonchev–Trinajstić information content (AvgIpc) is 3.10. The zero-order valence-corrected chi connectivity index (χ0v) is 13.5. The van der Waals surface area contributed by atoms with Crippen LogP contribution in [0.2, 0.25) is 0 Å². The van der Waals surface area contributed by atoms with Crippen LogP contribution in [0.3, 0.4) is 0 Å². The van der Waals surface area contributed by atoms with Gasteiger partial charge in [0.2, 0.25) is 0 Å². The molecule has 7 nitrogen and oxygen atoms in total. The van der Waals surface area contributed by atoms with Crippen molar-refractivity contribution < 1.29 is 4.74 Å². The molecule has 2 heterocycles. The zero-order valence-electron chi connectivity index (χ0n) is 13.5. The van der Waals surface area contributed by atoms with Crippen LogP contribution in [0.4, 0.5) is 5.69 Å². The summed E-state index contributed by atoms with van der Waals surface area (Å²) in [6.45, 7) is 2.87. The van der Waals surface area contributed by atoms with Crippen molar-refractivity contribution in [2.24, 2.45) is 5.73 Å². The van der Waals surface area contributed by atoms with Gasteiger partial charge in [-0.2, -0.15) is 15.3 Å². The molecule has 0 saturated carbocycles. The van der Waals surface area contributed by atoms with Crippen molar-refractivity contribution in [3.63, 3.8) is 0 Å². The molecule has 0 bridgehead atoms. The van der Waals surface area contributed by atoms with E-state index in [1.165, 1.54) is 0 Å². The normalized spacial score (nSPS) is 11.0. The third kappa shape index (κ3) is 4.06. The van der Waals surface area contributed by atoms with E-state index < -0.39 is 0 Å². The minimum atomic E-state index is 0.658. The fraction of sp³-hybridized carbons (Fsp3) is 0.353. The number of unbranched alkanes of at least 4 members (excludes halogenated alkanes) is 1. The van der Waals surface area contributed by atoms with Crippen LogP contribution in [0.5, 0.6) is 0 Å². The van der Waals surface area contributed by atoms with E-state index in [1.54, 1.807) is 12.4 Å². The first-order valence-electron chi connectivity index (χ1n) is 8.14. The van der Waals surface area contributed by atoms with Gasteiger partial charge in [-0.25, -0.2) is 0 Å². The molecule has 126 valence electrons. The van der Waals surface area contributed by atoms with Gasteiger partial charge in [-0.15, -0.1) is 0 Å². The predicted octanol–water partition coefficient (Wildman–Crippen LogP) is 2.19. The average molecular weight is 326 g/mol. The van der Waals surface area contributed by atoms with Crippen LogP contribution < -0.4 is 11.1 Å². The lowest BCUT2D eigenvalue weighted by atomic mass is 10.1. The third-order valence-electron chi connectivity index (χ3n) is 3.78. The Hall–Kier alpha value is -2.51. The highest BCUT2D eigenvalue weighted by Gasteiger charge is 2.07. The van der Waals surface area contributed by atoms with Crippen molar-refractivity contribution in [2.45, 2.75) is 12.8 Å². The molecule has 7 heteroatoms. The molecule has 0 spiro atoms. The molecule has 1 aromatic carbocycles. The summed E-state index contributed by atoms with van der Waals surface area (Å²) in [5.41, 5.74) is 9.55. The molecule has 0 aliphatic heterocycles. The molecule has 0 radical (unpaired) electrons. The van der Waals surface area contributed by atoms with E-state index in [2.05, 4.69) is 37.8 Å². The van der Waals surface area contributed by atoms with Crippen LogP contribution in [-0.4, -0.2) is 46.7 Å². The second kappa shape index (κ2) is 8.37. The fourth-order valence-corrected chi connectivity index (χ4v) is 2.53. The zero-order chi connectivity index (χ0) is 16.6. The molecule has 3 rings (SSSR count). The van der Waals surface area contributed by atoms with Gasteiger partial charge in [-0.05, 0) is 43.1 Å². The van der Waals surface area contributed by atoms with Crippen molar-refractivity contribution in [2.75, 3.05) is 31.6 Å². The summed E-state index contributed by atoms with van der Waals surface area (Å²) in [7, 11) is 0. The van der Waals surface area contributed by atoms with Crippen molar-refractivity contribution in [1.82, 2.24) is 20.4 Å². The Bertz CT molecular complexity index is 758. The van der Waals surface area contributed by atoms with E-state index >= 15 is 0 Å². The first kappa shape index (κ1) is 16.4. The fourth-order valence-electron chi connectivity index (χ4n) is 2.53. The number of hydrogen-bond donors (Lipinski definition) is 3. The number of nitrogens with one attached hydrogen (secondary N) is 2. The number of aromatic amines is 1. The maximum Gasteiger partial charge on any atom is 0.0677 e. The molecule has 0 saturated heterocycles. The van der Waals surface area contributed by atoms with Gasteiger partial charge in [0.15, 0.2) is 0 Å². The second-order valence-electron chi connectivity index (χ2n) is 5.52. The SMILES string of the molecule is NCCCCOCCNc1cc(-c2ccnnc2)cc2[nH]ncc12. The highest BCUT2D eigenvalue weighted by molar-refractivity contribution is 5.95. The standard InChI is InChI=1S/C17H22N6O/c18-4-1-2-7-24-8-6-19-16-9-14(13-3-5-20-21-11-13)10-17-15(16)12-22-23-17/h3,5,9-12,19H,1-2,4,6-8,18H2,(H,22,23). The number of nitrogens with zero attached hydrogens (tertiary/aromatic N) is 3. The van der Waals surface area contributed by atoms with E-state index in [9.17, 15) is 0 Å². The van der Waals surface area contributed by atoms with E-state index in [0.29, 0.717) is 6.61 Å². The maximum atomic E-state index is 5.61. The molecular formula is C17H22N6O. The summed E-state index contributed by atoms with van der Waals surface area (Å²) >= 11 is 0. The lowest BCUT2D eigenvalue weighted by Gasteiger charge is -2.10. The molecule has 0 unspecified atom stereocenters. The van der Waals surface area contributed by atoms with Crippen LogP contribution in [0.1, 0.15) is 12.8 Å². The van der Waals surface area contributed by atoms with Gasteiger partial charge in [0.25, 0.3) is 0 Å². The number of rotatable bonds is 9. The third-order valence-corrected chi connectivity index (χ3v) is 3.78. The van der Waals surface area contributed by atoms with Crippen molar-refractivity contribution in [3.8, 4) is 11.1 Å². The molecule has 24 heavy (non-hydrogen) atoms. The summed E-state index contributed by atoms with van der Waals surface area (Å²) < 4.78 is 5.61. The minimum absolute atomic E-state index is 0.658. The van der Waals surface area contributed by atoms with Crippen LogP contribution in [0, 0.1) is 0 Å². The smallest absolute Gasteiger partial charge is 0.0677 e. The second-order valence-corrected chi connectivity index (χ2v) is 5.52. The summed E-state index contributed by atoms with van der Waals surface area (Å²) in [5, 5.41) is 19.4. The van der Waals surface area contributed by atoms with Gasteiger partial charge in [0.1, 0.15) is 0 Å². The van der Waals surface area contributed by atoms with E-state index in [4.69, 9.17) is 10.5 Å². The Morgan fingerprint density at radius 2 is 2.04 bits per heavy atom. The van der Waals surface area contributed by atoms with Crippen LogP contribution in [0.25, 0.3) is 22.0 Å². The largest absolute Gasteiger partial charge is 0.382 e. The molecule has 2 aromatic heterocycles. The number of hydrogen-bond acceptors (Lipinski definition) is 6. The van der Waals surface area contributed by atoms with Crippen LogP contribution >= 0.6 is 0 Å². The lowest BCUT2D eigenvalue weighted by Crippen LogP contribution is -2.11.